The minimum absolute atomic E-state index is 0.651. The first-order valence-electron chi connectivity index (χ1n) is 6.84. The predicted octanol–water partition coefficient (Wildman–Crippen LogP) is 3.88. The topological polar surface area (TPSA) is 37.9 Å². The largest absolute Gasteiger partial charge is 0.496 e. The maximum Gasteiger partial charge on any atom is 0.123 e. The molecule has 3 heteroatoms. The average Bonchev–Trinajstić information content (AvgIpc) is 2.89. The van der Waals surface area contributed by atoms with E-state index >= 15 is 0 Å². The van der Waals surface area contributed by atoms with Gasteiger partial charge in [-0.05, 0) is 48.2 Å². The number of nitrogens with zero attached hydrogens (tertiary/aromatic N) is 2. The third kappa shape index (κ3) is 2.48. The summed E-state index contributed by atoms with van der Waals surface area (Å²) in [5.41, 5.74) is 4.09. The molecule has 0 spiro atoms. The average molecular weight is 276 g/mol. The maximum atomic E-state index is 9.06. The molecule has 0 N–H and O–H groups in total. The van der Waals surface area contributed by atoms with E-state index in [0.717, 1.165) is 11.3 Å². The first kappa shape index (κ1) is 13.3. The molecule has 0 unspecified atom stereocenters. The Balaban J connectivity index is 2.06. The van der Waals surface area contributed by atoms with Crippen LogP contribution in [0.2, 0.25) is 0 Å². The zero-order valence-electron chi connectivity index (χ0n) is 12.1. The lowest BCUT2D eigenvalue weighted by Gasteiger charge is -2.11. The van der Waals surface area contributed by atoms with Crippen LogP contribution in [-0.2, 0) is 6.54 Å². The van der Waals surface area contributed by atoms with Gasteiger partial charge in [0.25, 0.3) is 0 Å². The quantitative estimate of drug-likeness (QED) is 0.728. The van der Waals surface area contributed by atoms with Crippen molar-refractivity contribution in [3.63, 3.8) is 0 Å². The molecule has 3 aromatic rings. The molecule has 0 aliphatic rings. The van der Waals surface area contributed by atoms with Crippen LogP contribution in [0.3, 0.4) is 0 Å². The van der Waals surface area contributed by atoms with Crippen molar-refractivity contribution in [1.29, 1.82) is 5.26 Å². The van der Waals surface area contributed by atoms with E-state index in [1.165, 1.54) is 16.5 Å². The number of aryl methyl sites for hydroxylation is 1. The second-order valence-corrected chi connectivity index (χ2v) is 5.14. The van der Waals surface area contributed by atoms with Gasteiger partial charge in [-0.3, -0.25) is 0 Å². The van der Waals surface area contributed by atoms with Crippen LogP contribution in [0.1, 0.15) is 16.7 Å². The predicted molar refractivity (Wildman–Crippen MR) is 83.5 cm³/mol. The molecule has 0 radical (unpaired) electrons. The SMILES string of the molecule is COc1ccc(C#N)cc1Cn1ccc2ccc(C)cc21. The van der Waals surface area contributed by atoms with Crippen molar-refractivity contribution in [2.45, 2.75) is 13.5 Å². The summed E-state index contributed by atoms with van der Waals surface area (Å²) in [6.07, 6.45) is 2.07. The standard InChI is InChI=1S/C18H16N2O/c1-13-3-5-15-7-8-20(17(15)9-13)12-16-10-14(11-19)4-6-18(16)21-2/h3-10H,12H2,1-2H3. The Morgan fingerprint density at radius 1 is 1.14 bits per heavy atom. The third-order valence-corrected chi connectivity index (χ3v) is 3.68. The molecular formula is C18H16N2O. The van der Waals surface area contributed by atoms with Crippen molar-refractivity contribution >= 4 is 10.9 Å². The molecule has 3 nitrogen and oxygen atoms in total. The van der Waals surface area contributed by atoms with E-state index in [1.807, 2.05) is 12.1 Å². The lowest BCUT2D eigenvalue weighted by Crippen LogP contribution is -2.01. The number of hydrogen-bond donors (Lipinski definition) is 0. The summed E-state index contributed by atoms with van der Waals surface area (Å²) >= 11 is 0. The van der Waals surface area contributed by atoms with Gasteiger partial charge in [0.2, 0.25) is 0 Å². The fourth-order valence-corrected chi connectivity index (χ4v) is 2.59. The molecule has 0 aliphatic carbocycles. The third-order valence-electron chi connectivity index (χ3n) is 3.68. The Morgan fingerprint density at radius 3 is 2.76 bits per heavy atom. The number of fused-ring (bicyclic) bond motifs is 1. The van der Waals surface area contributed by atoms with Crippen LogP contribution in [-0.4, -0.2) is 11.7 Å². The molecule has 3 rings (SSSR count). The molecule has 0 saturated carbocycles. The van der Waals surface area contributed by atoms with Crippen LogP contribution in [0.15, 0.2) is 48.7 Å². The van der Waals surface area contributed by atoms with Gasteiger partial charge < -0.3 is 9.30 Å². The van der Waals surface area contributed by atoms with Gasteiger partial charge in [-0.25, -0.2) is 0 Å². The van der Waals surface area contributed by atoms with E-state index in [4.69, 9.17) is 10.00 Å². The Bertz CT molecular complexity index is 840. The summed E-state index contributed by atoms with van der Waals surface area (Å²) in [4.78, 5) is 0. The molecule has 104 valence electrons. The summed E-state index contributed by atoms with van der Waals surface area (Å²) in [5.74, 6) is 0.809. The van der Waals surface area contributed by atoms with Crippen LogP contribution in [0.25, 0.3) is 10.9 Å². The number of hydrogen-bond acceptors (Lipinski definition) is 2. The van der Waals surface area contributed by atoms with Gasteiger partial charge in [-0.1, -0.05) is 12.1 Å². The van der Waals surface area contributed by atoms with Gasteiger partial charge in [0.05, 0.1) is 25.3 Å². The number of benzene rings is 2. The first-order chi connectivity index (χ1) is 10.2. The van der Waals surface area contributed by atoms with Crippen LogP contribution in [0.4, 0.5) is 0 Å². The van der Waals surface area contributed by atoms with Gasteiger partial charge in [0.1, 0.15) is 5.75 Å². The number of rotatable bonds is 3. The van der Waals surface area contributed by atoms with E-state index < -0.39 is 0 Å². The lowest BCUT2D eigenvalue weighted by atomic mass is 10.1. The summed E-state index contributed by atoms with van der Waals surface area (Å²) in [7, 11) is 1.66. The highest BCUT2D eigenvalue weighted by Gasteiger charge is 2.08. The van der Waals surface area contributed by atoms with Gasteiger partial charge >= 0.3 is 0 Å². The van der Waals surface area contributed by atoms with Gasteiger partial charge in [-0.2, -0.15) is 5.26 Å². The highest BCUT2D eigenvalue weighted by atomic mass is 16.5. The normalized spacial score (nSPS) is 10.5. The number of nitriles is 1. The number of methoxy groups -OCH3 is 1. The first-order valence-corrected chi connectivity index (χ1v) is 6.84. The monoisotopic (exact) mass is 276 g/mol. The fraction of sp³-hybridized carbons (Fsp3) is 0.167. The summed E-state index contributed by atoms with van der Waals surface area (Å²) in [6, 6.07) is 16.2. The highest BCUT2D eigenvalue weighted by molar-refractivity contribution is 5.80. The Morgan fingerprint density at radius 2 is 2.00 bits per heavy atom. The molecule has 0 atom stereocenters. The van der Waals surface area contributed by atoms with E-state index in [2.05, 4.69) is 48.0 Å². The minimum atomic E-state index is 0.651. The van der Waals surface area contributed by atoms with E-state index in [-0.39, 0.29) is 0 Å². The van der Waals surface area contributed by atoms with Gasteiger partial charge in [0, 0.05) is 17.3 Å². The molecule has 0 aliphatic heterocycles. The lowest BCUT2D eigenvalue weighted by molar-refractivity contribution is 0.408. The van der Waals surface area contributed by atoms with Crippen LogP contribution >= 0.6 is 0 Å². The Labute approximate surface area is 124 Å². The van der Waals surface area contributed by atoms with Crippen molar-refractivity contribution in [3.8, 4) is 11.8 Å². The Kier molecular flexibility index (Phi) is 3.37. The summed E-state index contributed by atoms with van der Waals surface area (Å²) in [6.45, 7) is 2.78. The molecule has 1 heterocycles. The highest BCUT2D eigenvalue weighted by Crippen LogP contribution is 2.24. The summed E-state index contributed by atoms with van der Waals surface area (Å²) < 4.78 is 7.59. The summed E-state index contributed by atoms with van der Waals surface area (Å²) in [5, 5.41) is 10.3. The molecule has 0 amide bonds. The maximum absolute atomic E-state index is 9.06. The molecule has 21 heavy (non-hydrogen) atoms. The van der Waals surface area contributed by atoms with Crippen molar-refractivity contribution in [1.82, 2.24) is 4.57 Å². The van der Waals surface area contributed by atoms with Crippen molar-refractivity contribution < 1.29 is 4.74 Å². The van der Waals surface area contributed by atoms with E-state index in [1.54, 1.807) is 13.2 Å². The fourth-order valence-electron chi connectivity index (χ4n) is 2.59. The Hall–Kier alpha value is -2.73. The van der Waals surface area contributed by atoms with Gasteiger partial charge in [-0.15, -0.1) is 0 Å². The number of ether oxygens (including phenoxy) is 1. The van der Waals surface area contributed by atoms with E-state index in [0.29, 0.717) is 12.1 Å². The van der Waals surface area contributed by atoms with Crippen LogP contribution in [0.5, 0.6) is 5.75 Å². The van der Waals surface area contributed by atoms with Crippen LogP contribution in [0, 0.1) is 18.3 Å². The minimum Gasteiger partial charge on any atom is -0.496 e. The molecule has 0 saturated heterocycles. The van der Waals surface area contributed by atoms with E-state index in [9.17, 15) is 0 Å². The second kappa shape index (κ2) is 5.34. The molecule has 0 fully saturated rings. The van der Waals surface area contributed by atoms with Crippen LogP contribution < -0.4 is 4.74 Å². The molecule has 0 bridgehead atoms. The zero-order valence-corrected chi connectivity index (χ0v) is 12.1. The molecule has 2 aromatic carbocycles. The smallest absolute Gasteiger partial charge is 0.123 e. The van der Waals surface area contributed by atoms with Crippen molar-refractivity contribution in [2.24, 2.45) is 0 Å². The zero-order chi connectivity index (χ0) is 14.8. The van der Waals surface area contributed by atoms with Gasteiger partial charge in [0.15, 0.2) is 0 Å². The van der Waals surface area contributed by atoms with Crippen molar-refractivity contribution in [3.05, 3.63) is 65.4 Å². The molecule has 1 aromatic heterocycles. The van der Waals surface area contributed by atoms with Crippen molar-refractivity contribution in [2.75, 3.05) is 7.11 Å². The number of aromatic nitrogens is 1. The molecular weight excluding hydrogens is 260 g/mol. The second-order valence-electron chi connectivity index (χ2n) is 5.14.